The SMILES string of the molecule is CONC(=O)CCCNC(=O)c1cccs1. The molecule has 0 unspecified atom stereocenters. The first-order valence-electron chi connectivity index (χ1n) is 4.87. The van der Waals surface area contributed by atoms with Crippen LogP contribution in [0.4, 0.5) is 0 Å². The molecule has 2 amide bonds. The molecule has 0 spiro atoms. The molecule has 1 aromatic heterocycles. The minimum Gasteiger partial charge on any atom is -0.351 e. The van der Waals surface area contributed by atoms with E-state index in [0.717, 1.165) is 0 Å². The third kappa shape index (κ3) is 4.41. The van der Waals surface area contributed by atoms with Gasteiger partial charge in [0.05, 0.1) is 12.0 Å². The first-order chi connectivity index (χ1) is 7.74. The van der Waals surface area contributed by atoms with Crippen molar-refractivity contribution in [1.29, 1.82) is 0 Å². The van der Waals surface area contributed by atoms with E-state index < -0.39 is 0 Å². The highest BCUT2D eigenvalue weighted by atomic mass is 32.1. The maximum absolute atomic E-state index is 11.5. The Morgan fingerprint density at radius 3 is 2.94 bits per heavy atom. The molecule has 0 bridgehead atoms. The van der Waals surface area contributed by atoms with Crippen LogP contribution < -0.4 is 10.8 Å². The Morgan fingerprint density at radius 2 is 2.31 bits per heavy atom. The molecule has 2 N–H and O–H groups in total. The molecule has 0 aromatic carbocycles. The molecule has 6 heteroatoms. The van der Waals surface area contributed by atoms with E-state index in [0.29, 0.717) is 24.3 Å². The Hall–Kier alpha value is -1.40. The van der Waals surface area contributed by atoms with E-state index in [1.807, 2.05) is 11.4 Å². The zero-order chi connectivity index (χ0) is 11.8. The van der Waals surface area contributed by atoms with Gasteiger partial charge in [-0.1, -0.05) is 6.07 Å². The fourth-order valence-corrected chi connectivity index (χ4v) is 1.75. The summed E-state index contributed by atoms with van der Waals surface area (Å²) in [5, 5.41) is 4.58. The van der Waals surface area contributed by atoms with Gasteiger partial charge in [0.2, 0.25) is 5.91 Å². The molecule has 0 aliphatic heterocycles. The van der Waals surface area contributed by atoms with Gasteiger partial charge in [-0.05, 0) is 17.9 Å². The smallest absolute Gasteiger partial charge is 0.261 e. The summed E-state index contributed by atoms with van der Waals surface area (Å²) >= 11 is 1.39. The molecule has 0 aliphatic carbocycles. The second-order valence-corrected chi connectivity index (χ2v) is 4.01. The summed E-state index contributed by atoms with van der Waals surface area (Å²) in [6.45, 7) is 0.480. The van der Waals surface area contributed by atoms with Gasteiger partial charge < -0.3 is 5.32 Å². The van der Waals surface area contributed by atoms with Crippen LogP contribution in [0.25, 0.3) is 0 Å². The van der Waals surface area contributed by atoms with Gasteiger partial charge in [0.25, 0.3) is 5.91 Å². The fourth-order valence-electron chi connectivity index (χ4n) is 1.11. The van der Waals surface area contributed by atoms with Crippen molar-refractivity contribution in [1.82, 2.24) is 10.8 Å². The lowest BCUT2D eigenvalue weighted by molar-refractivity contribution is -0.131. The minimum atomic E-state index is -0.187. The van der Waals surface area contributed by atoms with Gasteiger partial charge in [-0.15, -0.1) is 11.3 Å². The average molecular weight is 242 g/mol. The molecule has 1 rings (SSSR count). The Labute approximate surface area is 97.8 Å². The number of hydrogen-bond donors (Lipinski definition) is 2. The molecule has 0 saturated heterocycles. The van der Waals surface area contributed by atoms with E-state index >= 15 is 0 Å². The van der Waals surface area contributed by atoms with Gasteiger partial charge in [0.15, 0.2) is 0 Å². The van der Waals surface area contributed by atoms with Crippen LogP contribution in [0.15, 0.2) is 17.5 Å². The maximum Gasteiger partial charge on any atom is 0.261 e. The lowest BCUT2D eigenvalue weighted by Crippen LogP contribution is -2.26. The first-order valence-corrected chi connectivity index (χ1v) is 5.75. The van der Waals surface area contributed by atoms with E-state index in [2.05, 4.69) is 15.6 Å². The normalized spacial score (nSPS) is 9.81. The van der Waals surface area contributed by atoms with E-state index in [9.17, 15) is 9.59 Å². The van der Waals surface area contributed by atoms with Gasteiger partial charge in [-0.25, -0.2) is 5.48 Å². The third-order valence-corrected chi connectivity index (χ3v) is 2.70. The largest absolute Gasteiger partial charge is 0.351 e. The third-order valence-electron chi connectivity index (χ3n) is 1.83. The second-order valence-electron chi connectivity index (χ2n) is 3.07. The van der Waals surface area contributed by atoms with Crippen LogP contribution in [0.1, 0.15) is 22.5 Å². The second kappa shape index (κ2) is 6.97. The summed E-state index contributed by atoms with van der Waals surface area (Å²) in [4.78, 5) is 27.6. The Bertz CT molecular complexity index is 338. The lowest BCUT2D eigenvalue weighted by Gasteiger charge is -2.03. The molecular formula is C10H14N2O3S. The zero-order valence-corrected chi connectivity index (χ0v) is 9.80. The number of nitrogens with one attached hydrogen (secondary N) is 2. The fraction of sp³-hybridized carbons (Fsp3) is 0.400. The molecule has 0 saturated carbocycles. The van der Waals surface area contributed by atoms with Crippen LogP contribution in [-0.2, 0) is 9.63 Å². The van der Waals surface area contributed by atoms with Crippen molar-refractivity contribution in [3.8, 4) is 0 Å². The number of thiophene rings is 1. The quantitative estimate of drug-likeness (QED) is 0.576. The van der Waals surface area contributed by atoms with Crippen molar-refractivity contribution in [2.45, 2.75) is 12.8 Å². The summed E-state index contributed by atoms with van der Waals surface area (Å²) in [5.74, 6) is -0.282. The molecule has 88 valence electrons. The van der Waals surface area contributed by atoms with Crippen LogP contribution in [0.5, 0.6) is 0 Å². The zero-order valence-electron chi connectivity index (χ0n) is 8.99. The average Bonchev–Trinajstić information content (AvgIpc) is 2.78. The number of carbonyl (C=O) groups is 2. The van der Waals surface area contributed by atoms with Crippen LogP contribution in [0.3, 0.4) is 0 Å². The van der Waals surface area contributed by atoms with Gasteiger partial charge in [-0.2, -0.15) is 0 Å². The first kappa shape index (κ1) is 12.7. The number of carbonyl (C=O) groups excluding carboxylic acids is 2. The van der Waals surface area contributed by atoms with Crippen molar-refractivity contribution in [2.24, 2.45) is 0 Å². The highest BCUT2D eigenvalue weighted by Gasteiger charge is 2.05. The summed E-state index contributed by atoms with van der Waals surface area (Å²) in [6, 6.07) is 3.59. The van der Waals surface area contributed by atoms with Crippen LogP contribution in [0.2, 0.25) is 0 Å². The Morgan fingerprint density at radius 1 is 1.50 bits per heavy atom. The minimum absolute atomic E-state index is 0.0952. The Balaban J connectivity index is 2.12. The van der Waals surface area contributed by atoms with Gasteiger partial charge in [-0.3, -0.25) is 14.4 Å². The topological polar surface area (TPSA) is 67.4 Å². The molecule has 5 nitrogen and oxygen atoms in total. The molecular weight excluding hydrogens is 228 g/mol. The van der Waals surface area contributed by atoms with Gasteiger partial charge in [0.1, 0.15) is 0 Å². The predicted molar refractivity (Wildman–Crippen MR) is 61.0 cm³/mol. The van der Waals surface area contributed by atoms with Crippen LogP contribution in [-0.4, -0.2) is 25.5 Å². The highest BCUT2D eigenvalue weighted by molar-refractivity contribution is 7.12. The molecule has 0 aliphatic rings. The highest BCUT2D eigenvalue weighted by Crippen LogP contribution is 2.07. The monoisotopic (exact) mass is 242 g/mol. The van der Waals surface area contributed by atoms with Gasteiger partial charge in [0, 0.05) is 13.0 Å². The maximum atomic E-state index is 11.5. The predicted octanol–water partition coefficient (Wildman–Crippen LogP) is 0.936. The number of rotatable bonds is 6. The van der Waals surface area contributed by atoms with E-state index in [1.54, 1.807) is 6.07 Å². The standard InChI is InChI=1S/C10H14N2O3S/c1-15-12-9(13)5-2-6-11-10(14)8-4-3-7-16-8/h3-4,7H,2,5-6H2,1H3,(H,11,14)(H,12,13). The van der Waals surface area contributed by atoms with Crippen molar-refractivity contribution < 1.29 is 14.4 Å². The molecule has 0 radical (unpaired) electrons. The van der Waals surface area contributed by atoms with E-state index in [4.69, 9.17) is 0 Å². The lowest BCUT2D eigenvalue weighted by atomic mass is 10.3. The molecule has 1 heterocycles. The van der Waals surface area contributed by atoms with E-state index in [-0.39, 0.29) is 11.8 Å². The van der Waals surface area contributed by atoms with Crippen molar-refractivity contribution in [3.05, 3.63) is 22.4 Å². The Kier molecular flexibility index (Phi) is 5.52. The number of amides is 2. The van der Waals surface area contributed by atoms with Gasteiger partial charge >= 0.3 is 0 Å². The molecule has 0 atom stereocenters. The molecule has 16 heavy (non-hydrogen) atoms. The van der Waals surface area contributed by atoms with Crippen molar-refractivity contribution >= 4 is 23.2 Å². The van der Waals surface area contributed by atoms with Crippen molar-refractivity contribution in [2.75, 3.05) is 13.7 Å². The summed E-state index contributed by atoms with van der Waals surface area (Å²) in [6.07, 6.45) is 0.921. The summed E-state index contributed by atoms with van der Waals surface area (Å²) in [5.41, 5.74) is 2.21. The summed E-state index contributed by atoms with van der Waals surface area (Å²) in [7, 11) is 1.39. The molecule has 0 fully saturated rings. The van der Waals surface area contributed by atoms with Crippen molar-refractivity contribution in [3.63, 3.8) is 0 Å². The molecule has 1 aromatic rings. The number of hydroxylamine groups is 1. The van der Waals surface area contributed by atoms with Crippen LogP contribution in [0, 0.1) is 0 Å². The van der Waals surface area contributed by atoms with Crippen LogP contribution >= 0.6 is 11.3 Å². The summed E-state index contributed by atoms with van der Waals surface area (Å²) < 4.78 is 0. The van der Waals surface area contributed by atoms with E-state index in [1.165, 1.54) is 18.4 Å². The number of hydrogen-bond acceptors (Lipinski definition) is 4.